The fourth-order valence-electron chi connectivity index (χ4n) is 5.48. The van der Waals surface area contributed by atoms with Crippen molar-refractivity contribution in [3.63, 3.8) is 0 Å². The Hall–Kier alpha value is -4.07. The second-order valence-electron chi connectivity index (χ2n) is 11.5. The topological polar surface area (TPSA) is 218 Å². The minimum absolute atomic E-state index is 0.146. The number of hydrogen-bond donors (Lipinski definition) is 7. The fourth-order valence-corrected chi connectivity index (χ4v) is 5.48. The number of fused-ring (bicyclic) bond motifs is 1. The number of alkyl halides is 3. The molecule has 3 aromatic heterocycles. The molecule has 4 heterocycles. The second-order valence-corrected chi connectivity index (χ2v) is 11.5. The van der Waals surface area contributed by atoms with Gasteiger partial charge in [0.1, 0.15) is 12.2 Å². The van der Waals surface area contributed by atoms with Crippen LogP contribution in [0.5, 0.6) is 0 Å². The van der Waals surface area contributed by atoms with E-state index in [2.05, 4.69) is 49.5 Å². The number of anilines is 2. The van der Waals surface area contributed by atoms with Crippen LogP contribution in [0.2, 0.25) is 0 Å². The van der Waals surface area contributed by atoms with Crippen molar-refractivity contribution >= 4 is 34.8 Å². The molecule has 2 fully saturated rings. The number of aromatic amines is 1. The van der Waals surface area contributed by atoms with E-state index in [1.165, 1.54) is 0 Å². The van der Waals surface area contributed by atoms with Crippen LogP contribution in [0.25, 0.3) is 11.2 Å². The SMILES string of the molecule is CCC(=O)NC1C[C@@H](n2cnc3c(N[C@H](CO)Cc4c[nH]cn4)nc(N4CC[C@@H](N(C)C)C4)nc32)[C@H](O)[C@@H]1O.O=C(O)C(F)(F)F. The van der Waals surface area contributed by atoms with Crippen LogP contribution in [0.15, 0.2) is 18.9 Å². The van der Waals surface area contributed by atoms with Crippen molar-refractivity contribution in [2.75, 3.05) is 44.0 Å². The van der Waals surface area contributed by atoms with Crippen LogP contribution in [0.4, 0.5) is 24.9 Å². The maximum Gasteiger partial charge on any atom is 0.490 e. The number of aliphatic carboxylic acids is 1. The number of hydrogen-bond acceptors (Lipinski definition) is 12. The Labute approximate surface area is 261 Å². The van der Waals surface area contributed by atoms with Gasteiger partial charge in [-0.25, -0.2) is 14.8 Å². The van der Waals surface area contributed by atoms with Crippen molar-refractivity contribution in [1.29, 1.82) is 0 Å². The third kappa shape index (κ3) is 8.01. The average molecular weight is 657 g/mol. The maximum atomic E-state index is 12.0. The van der Waals surface area contributed by atoms with Crippen LogP contribution >= 0.6 is 0 Å². The molecule has 0 spiro atoms. The Morgan fingerprint density at radius 2 is 1.91 bits per heavy atom. The number of nitrogens with one attached hydrogen (secondary N) is 3. The molecule has 1 unspecified atom stereocenters. The van der Waals surface area contributed by atoms with Crippen LogP contribution in [-0.4, -0.2) is 137 Å². The first-order valence-corrected chi connectivity index (χ1v) is 14.7. The van der Waals surface area contributed by atoms with Gasteiger partial charge in [-0.3, -0.25) is 4.79 Å². The summed E-state index contributed by atoms with van der Waals surface area (Å²) in [6.07, 6.45) is -0.285. The summed E-state index contributed by atoms with van der Waals surface area (Å²) >= 11 is 0. The molecule has 7 N–H and O–H groups in total. The predicted molar refractivity (Wildman–Crippen MR) is 158 cm³/mol. The van der Waals surface area contributed by atoms with E-state index in [-0.39, 0.29) is 25.0 Å². The van der Waals surface area contributed by atoms with E-state index in [1.807, 2.05) is 0 Å². The largest absolute Gasteiger partial charge is 0.490 e. The van der Waals surface area contributed by atoms with Crippen LogP contribution in [-0.2, 0) is 16.0 Å². The third-order valence-electron chi connectivity index (χ3n) is 8.08. The van der Waals surface area contributed by atoms with E-state index in [1.54, 1.807) is 30.3 Å². The number of H-pyrrole nitrogens is 1. The molecule has 16 nitrogen and oxygen atoms in total. The van der Waals surface area contributed by atoms with E-state index in [9.17, 15) is 33.3 Å². The van der Waals surface area contributed by atoms with Crippen molar-refractivity contribution < 1.29 is 43.2 Å². The Balaban J connectivity index is 0.000000617. The first-order chi connectivity index (χ1) is 21.7. The molecular formula is C27H39F3N10O6. The molecule has 1 saturated carbocycles. The third-order valence-corrected chi connectivity index (χ3v) is 8.08. The molecule has 46 heavy (non-hydrogen) atoms. The van der Waals surface area contributed by atoms with Gasteiger partial charge in [0.15, 0.2) is 17.0 Å². The monoisotopic (exact) mass is 656 g/mol. The summed E-state index contributed by atoms with van der Waals surface area (Å²) in [5.74, 6) is -1.95. The molecule has 1 saturated heterocycles. The molecular weight excluding hydrogens is 617 g/mol. The zero-order chi connectivity index (χ0) is 33.8. The molecule has 6 atom stereocenters. The summed E-state index contributed by atoms with van der Waals surface area (Å²) in [5.41, 5.74) is 1.80. The van der Waals surface area contributed by atoms with E-state index in [0.29, 0.717) is 41.8 Å². The average Bonchev–Trinajstić information content (AvgIpc) is 3.82. The molecule has 1 amide bonds. The number of aromatic nitrogens is 6. The molecule has 2 aliphatic rings. The molecule has 0 aromatic carbocycles. The highest BCUT2D eigenvalue weighted by Gasteiger charge is 2.44. The quantitative estimate of drug-likeness (QED) is 0.152. The zero-order valence-corrected chi connectivity index (χ0v) is 25.5. The first kappa shape index (κ1) is 34.8. The number of carboxylic acids is 1. The van der Waals surface area contributed by atoms with Crippen LogP contribution in [0.3, 0.4) is 0 Å². The number of halogens is 3. The number of rotatable bonds is 10. The van der Waals surface area contributed by atoms with Gasteiger partial charge in [-0.15, -0.1) is 0 Å². The van der Waals surface area contributed by atoms with Crippen molar-refractivity contribution in [3.8, 4) is 0 Å². The lowest BCUT2D eigenvalue weighted by atomic mass is 10.2. The molecule has 0 radical (unpaired) electrons. The van der Waals surface area contributed by atoms with Gasteiger partial charge in [0.05, 0.1) is 43.1 Å². The van der Waals surface area contributed by atoms with E-state index in [4.69, 9.17) is 19.9 Å². The highest BCUT2D eigenvalue weighted by molar-refractivity contribution is 5.85. The lowest BCUT2D eigenvalue weighted by Crippen LogP contribution is -2.42. The number of imidazole rings is 2. The zero-order valence-electron chi connectivity index (χ0n) is 25.5. The van der Waals surface area contributed by atoms with Crippen LogP contribution in [0.1, 0.15) is 37.9 Å². The highest BCUT2D eigenvalue weighted by atomic mass is 19.4. The molecule has 1 aliphatic carbocycles. The number of carbonyl (C=O) groups is 2. The normalized spacial score (nSPS) is 23.8. The van der Waals surface area contributed by atoms with Gasteiger partial charge in [-0.2, -0.15) is 23.1 Å². The minimum atomic E-state index is -5.08. The number of carbonyl (C=O) groups excluding carboxylic acids is 1. The van der Waals surface area contributed by atoms with Crippen molar-refractivity contribution in [1.82, 2.24) is 39.7 Å². The second kappa shape index (κ2) is 14.6. The fraction of sp³-hybridized carbons (Fsp3) is 0.630. The highest BCUT2D eigenvalue weighted by Crippen LogP contribution is 2.35. The molecule has 5 rings (SSSR count). The van der Waals surface area contributed by atoms with E-state index >= 15 is 0 Å². The summed E-state index contributed by atoms with van der Waals surface area (Å²) in [5, 5.41) is 45.0. The Morgan fingerprint density at radius 3 is 2.48 bits per heavy atom. The van der Waals surface area contributed by atoms with E-state index in [0.717, 1.165) is 25.2 Å². The summed E-state index contributed by atoms with van der Waals surface area (Å²) < 4.78 is 33.5. The lowest BCUT2D eigenvalue weighted by molar-refractivity contribution is -0.192. The number of aliphatic hydroxyl groups is 3. The first-order valence-electron chi connectivity index (χ1n) is 14.7. The Morgan fingerprint density at radius 1 is 1.20 bits per heavy atom. The Bertz CT molecular complexity index is 1470. The van der Waals surface area contributed by atoms with Crippen molar-refractivity contribution in [2.24, 2.45) is 0 Å². The van der Waals surface area contributed by atoms with Gasteiger partial charge in [0, 0.05) is 38.2 Å². The number of likely N-dealkylation sites (N-methyl/N-ethyl adjacent to an activating group) is 1. The van der Waals surface area contributed by atoms with Crippen molar-refractivity contribution in [2.45, 2.75) is 75.2 Å². The Kier molecular flexibility index (Phi) is 11.0. The summed E-state index contributed by atoms with van der Waals surface area (Å²) in [7, 11) is 4.11. The molecule has 19 heteroatoms. The van der Waals surface area contributed by atoms with Gasteiger partial charge in [0.25, 0.3) is 0 Å². The van der Waals surface area contributed by atoms with Crippen molar-refractivity contribution in [3.05, 3.63) is 24.5 Å². The van der Waals surface area contributed by atoms with Gasteiger partial charge in [-0.1, -0.05) is 6.92 Å². The minimum Gasteiger partial charge on any atom is -0.475 e. The molecule has 0 bridgehead atoms. The standard InChI is InChI=1S/C25H38N10O4.C2HF3O2/c1-4-19(37)30-17-8-18(22(39)21(17)38)35-13-28-20-23(29-15(11-36)7-14-9-26-12-27-14)31-25(32-24(20)35)34-6-5-16(10-34)33(2)3;3-2(4,5)1(6)7/h9,12-13,15-18,21-22,36,38-39H,4-8,10-11H2,1-3H3,(H,26,27)(H,30,37)(H,29,31,32);(H,6,7)/t15-,16+,17?,18+,21+,22-;/m0./s1. The maximum absolute atomic E-state index is 12.0. The number of nitrogens with zero attached hydrogens (tertiary/aromatic N) is 7. The van der Waals surface area contributed by atoms with E-state index < -0.39 is 36.4 Å². The molecule has 3 aromatic rings. The summed E-state index contributed by atoms with van der Waals surface area (Å²) in [6, 6.07) is -1.13. The number of amides is 1. The van der Waals surface area contributed by atoms with Crippen LogP contribution in [0, 0.1) is 0 Å². The van der Waals surface area contributed by atoms with Crippen LogP contribution < -0.4 is 15.5 Å². The number of carboxylic acid groups (broad SMARTS) is 1. The lowest BCUT2D eigenvalue weighted by Gasteiger charge is -2.23. The number of aliphatic hydroxyl groups excluding tert-OH is 3. The predicted octanol–water partition coefficient (Wildman–Crippen LogP) is -0.100. The summed E-state index contributed by atoms with van der Waals surface area (Å²) in [6.45, 7) is 3.15. The van der Waals surface area contributed by atoms with Gasteiger partial charge in [0.2, 0.25) is 11.9 Å². The smallest absolute Gasteiger partial charge is 0.475 e. The molecule has 254 valence electrons. The van der Waals surface area contributed by atoms with Gasteiger partial charge >= 0.3 is 12.1 Å². The van der Waals surface area contributed by atoms with Gasteiger partial charge < -0.3 is 50.4 Å². The van der Waals surface area contributed by atoms with Gasteiger partial charge in [-0.05, 0) is 26.9 Å². The summed E-state index contributed by atoms with van der Waals surface area (Å²) in [4.78, 5) is 46.7. The molecule has 1 aliphatic heterocycles.